The zero-order valence-electron chi connectivity index (χ0n) is 11.1. The number of rotatable bonds is 6. The van der Waals surface area contributed by atoms with Crippen LogP contribution in [0.4, 0.5) is 0 Å². The predicted molar refractivity (Wildman–Crippen MR) is 73.2 cm³/mol. The van der Waals surface area contributed by atoms with Gasteiger partial charge in [-0.1, -0.05) is 0 Å². The van der Waals surface area contributed by atoms with E-state index in [1.165, 1.54) is 11.3 Å². The fourth-order valence-electron chi connectivity index (χ4n) is 1.24. The number of ether oxygens (including phenoxy) is 1. The first-order valence-corrected chi connectivity index (χ1v) is 7.86. The monoisotopic (exact) mass is 292 g/mol. The lowest BCUT2D eigenvalue weighted by molar-refractivity contribution is 0.0276. The molecule has 0 spiro atoms. The highest BCUT2D eigenvalue weighted by Gasteiger charge is 2.23. The molecule has 0 atom stereocenters. The summed E-state index contributed by atoms with van der Waals surface area (Å²) in [6.45, 7) is 6.08. The zero-order valence-corrected chi connectivity index (χ0v) is 12.7. The summed E-state index contributed by atoms with van der Waals surface area (Å²) in [6.07, 6.45) is 0. The van der Waals surface area contributed by atoms with Gasteiger partial charge in [-0.3, -0.25) is 0 Å². The summed E-state index contributed by atoms with van der Waals surface area (Å²) in [4.78, 5) is 0.890. The standard InChI is InChI=1S/C11H20N2O3S2/c1-8-5-10(17-9(8)6-12)18(14,15)13-7-11(2,3)16-4/h5,13H,6-7,12H2,1-4H3. The fourth-order valence-corrected chi connectivity index (χ4v) is 3.95. The van der Waals surface area contributed by atoms with Gasteiger partial charge in [0.2, 0.25) is 10.0 Å². The highest BCUT2D eigenvalue weighted by molar-refractivity contribution is 7.91. The third-order valence-corrected chi connectivity index (χ3v) is 5.82. The van der Waals surface area contributed by atoms with Crippen molar-refractivity contribution < 1.29 is 13.2 Å². The van der Waals surface area contributed by atoms with Crippen LogP contribution in [0, 0.1) is 6.92 Å². The Morgan fingerprint density at radius 2 is 2.11 bits per heavy atom. The summed E-state index contributed by atoms with van der Waals surface area (Å²) < 4.78 is 32.2. The second kappa shape index (κ2) is 5.66. The summed E-state index contributed by atoms with van der Waals surface area (Å²) in [7, 11) is -1.93. The van der Waals surface area contributed by atoms with E-state index in [2.05, 4.69) is 4.72 Å². The number of nitrogens with one attached hydrogen (secondary N) is 1. The van der Waals surface area contributed by atoms with Gasteiger partial charge in [-0.15, -0.1) is 11.3 Å². The Balaban J connectivity index is 2.86. The minimum Gasteiger partial charge on any atom is -0.377 e. The van der Waals surface area contributed by atoms with E-state index in [0.29, 0.717) is 10.8 Å². The quantitative estimate of drug-likeness (QED) is 0.826. The molecule has 0 aliphatic rings. The first-order chi connectivity index (χ1) is 8.22. The number of hydrogen-bond donors (Lipinski definition) is 2. The number of methoxy groups -OCH3 is 1. The van der Waals surface area contributed by atoms with E-state index >= 15 is 0 Å². The Morgan fingerprint density at radius 1 is 1.50 bits per heavy atom. The van der Waals surface area contributed by atoms with E-state index in [0.717, 1.165) is 10.4 Å². The molecule has 1 aromatic rings. The average molecular weight is 292 g/mol. The van der Waals surface area contributed by atoms with Crippen LogP contribution in [0.1, 0.15) is 24.3 Å². The lowest BCUT2D eigenvalue weighted by Crippen LogP contribution is -2.39. The van der Waals surface area contributed by atoms with Gasteiger partial charge in [0, 0.05) is 25.1 Å². The van der Waals surface area contributed by atoms with Crippen molar-refractivity contribution in [3.63, 3.8) is 0 Å². The Bertz CT molecular complexity index is 506. The molecular formula is C11H20N2O3S2. The van der Waals surface area contributed by atoms with Gasteiger partial charge in [0.25, 0.3) is 0 Å². The summed E-state index contributed by atoms with van der Waals surface area (Å²) in [5, 5.41) is 0. The maximum Gasteiger partial charge on any atom is 0.250 e. The van der Waals surface area contributed by atoms with Crippen LogP contribution >= 0.6 is 11.3 Å². The van der Waals surface area contributed by atoms with E-state index in [4.69, 9.17) is 10.5 Å². The lowest BCUT2D eigenvalue weighted by Gasteiger charge is -2.22. The molecule has 5 nitrogen and oxygen atoms in total. The average Bonchev–Trinajstić information content (AvgIpc) is 2.69. The van der Waals surface area contributed by atoms with E-state index in [-0.39, 0.29) is 6.54 Å². The molecule has 0 saturated carbocycles. The van der Waals surface area contributed by atoms with E-state index < -0.39 is 15.6 Å². The molecule has 0 aromatic carbocycles. The van der Waals surface area contributed by atoms with E-state index in [1.807, 2.05) is 20.8 Å². The molecule has 1 aromatic heterocycles. The smallest absolute Gasteiger partial charge is 0.250 e. The molecule has 0 amide bonds. The van der Waals surface area contributed by atoms with Crippen LogP contribution in [-0.4, -0.2) is 27.7 Å². The van der Waals surface area contributed by atoms with Gasteiger partial charge >= 0.3 is 0 Å². The number of sulfonamides is 1. The van der Waals surface area contributed by atoms with Crippen molar-refractivity contribution in [3.8, 4) is 0 Å². The second-order valence-corrected chi connectivity index (χ2v) is 7.79. The van der Waals surface area contributed by atoms with Gasteiger partial charge < -0.3 is 10.5 Å². The molecule has 0 aliphatic heterocycles. The van der Waals surface area contributed by atoms with Crippen molar-refractivity contribution in [2.75, 3.05) is 13.7 Å². The fraction of sp³-hybridized carbons (Fsp3) is 0.636. The van der Waals surface area contributed by atoms with Gasteiger partial charge in [-0.05, 0) is 32.4 Å². The molecule has 0 aliphatic carbocycles. The molecule has 0 radical (unpaired) electrons. The Hall–Kier alpha value is -0.470. The molecule has 0 bridgehead atoms. The Kier molecular flexibility index (Phi) is 4.90. The minimum atomic E-state index is -3.48. The minimum absolute atomic E-state index is 0.223. The normalized spacial score (nSPS) is 12.9. The SMILES string of the molecule is COC(C)(C)CNS(=O)(=O)c1cc(C)c(CN)s1. The molecule has 1 rings (SSSR count). The first kappa shape index (κ1) is 15.6. The largest absolute Gasteiger partial charge is 0.377 e. The summed E-state index contributed by atoms with van der Waals surface area (Å²) in [6, 6.07) is 1.65. The van der Waals surface area contributed by atoms with Gasteiger partial charge in [-0.2, -0.15) is 0 Å². The van der Waals surface area contributed by atoms with Crippen LogP contribution in [0.5, 0.6) is 0 Å². The van der Waals surface area contributed by atoms with Crippen LogP contribution in [0.15, 0.2) is 10.3 Å². The van der Waals surface area contributed by atoms with Gasteiger partial charge in [0.05, 0.1) is 5.60 Å². The molecule has 104 valence electrons. The summed E-state index contributed by atoms with van der Waals surface area (Å²) >= 11 is 1.21. The van der Waals surface area contributed by atoms with Crippen molar-refractivity contribution in [1.82, 2.24) is 4.72 Å². The van der Waals surface area contributed by atoms with E-state index in [9.17, 15) is 8.42 Å². The van der Waals surface area contributed by atoms with Crippen LogP contribution < -0.4 is 10.5 Å². The van der Waals surface area contributed by atoms with Crippen LogP contribution in [-0.2, 0) is 21.3 Å². The third-order valence-electron chi connectivity index (χ3n) is 2.69. The van der Waals surface area contributed by atoms with Crippen molar-refractivity contribution >= 4 is 21.4 Å². The van der Waals surface area contributed by atoms with Crippen LogP contribution in [0.2, 0.25) is 0 Å². The number of hydrogen-bond acceptors (Lipinski definition) is 5. The molecule has 1 heterocycles. The zero-order chi connectivity index (χ0) is 14.0. The molecule has 0 unspecified atom stereocenters. The summed E-state index contributed by atoms with van der Waals surface area (Å²) in [5.41, 5.74) is 5.93. The maximum absolute atomic E-state index is 12.1. The second-order valence-electron chi connectivity index (χ2n) is 4.66. The number of nitrogens with two attached hydrogens (primary N) is 1. The maximum atomic E-state index is 12.1. The van der Waals surface area contributed by atoms with Gasteiger partial charge in [0.1, 0.15) is 4.21 Å². The first-order valence-electron chi connectivity index (χ1n) is 5.56. The molecule has 3 N–H and O–H groups in total. The van der Waals surface area contributed by atoms with Gasteiger partial charge in [-0.25, -0.2) is 13.1 Å². The van der Waals surface area contributed by atoms with Gasteiger partial charge in [0.15, 0.2) is 0 Å². The van der Waals surface area contributed by atoms with Crippen LogP contribution in [0.25, 0.3) is 0 Å². The number of aryl methyl sites for hydroxylation is 1. The Labute approximate surface area is 112 Å². The van der Waals surface area contributed by atoms with Crippen molar-refractivity contribution in [2.45, 2.75) is 37.1 Å². The highest BCUT2D eigenvalue weighted by atomic mass is 32.2. The molecule has 0 fully saturated rings. The third kappa shape index (κ3) is 3.76. The Morgan fingerprint density at radius 3 is 2.56 bits per heavy atom. The predicted octanol–water partition coefficient (Wildman–Crippen LogP) is 1.22. The topological polar surface area (TPSA) is 81.4 Å². The van der Waals surface area contributed by atoms with Crippen molar-refractivity contribution in [1.29, 1.82) is 0 Å². The lowest BCUT2D eigenvalue weighted by atomic mass is 10.1. The molecular weight excluding hydrogens is 272 g/mol. The number of thiophene rings is 1. The molecule has 18 heavy (non-hydrogen) atoms. The summed E-state index contributed by atoms with van der Waals surface area (Å²) in [5.74, 6) is 0. The van der Waals surface area contributed by atoms with Crippen LogP contribution in [0.3, 0.4) is 0 Å². The van der Waals surface area contributed by atoms with Crippen molar-refractivity contribution in [2.24, 2.45) is 5.73 Å². The highest BCUT2D eigenvalue weighted by Crippen LogP contribution is 2.25. The molecule has 0 saturated heterocycles. The van der Waals surface area contributed by atoms with Crippen molar-refractivity contribution in [3.05, 3.63) is 16.5 Å². The van der Waals surface area contributed by atoms with E-state index in [1.54, 1.807) is 13.2 Å². The molecule has 7 heteroatoms.